The van der Waals surface area contributed by atoms with Crippen molar-refractivity contribution < 1.29 is 14.6 Å². The van der Waals surface area contributed by atoms with Crippen molar-refractivity contribution in [3.63, 3.8) is 0 Å². The maximum Gasteiger partial charge on any atom is 0.0701 e. The van der Waals surface area contributed by atoms with Gasteiger partial charge in [0.05, 0.1) is 24.4 Å². The van der Waals surface area contributed by atoms with Crippen LogP contribution in [0.25, 0.3) is 0 Å². The maximum absolute atomic E-state index is 10.7. The van der Waals surface area contributed by atoms with Gasteiger partial charge in [-0.2, -0.15) is 11.8 Å². The van der Waals surface area contributed by atoms with Crippen LogP contribution >= 0.6 is 11.8 Å². The van der Waals surface area contributed by atoms with Crippen LogP contribution in [-0.2, 0) is 9.47 Å². The number of aliphatic hydroxyl groups excluding tert-OH is 1. The SMILES string of the molecule is CC1CC(C(O)C2CCOC3(CCSCC3)C2)CO1. The van der Waals surface area contributed by atoms with E-state index in [1.54, 1.807) is 0 Å². The molecule has 3 nitrogen and oxygen atoms in total. The molecule has 0 radical (unpaired) electrons. The molecular formula is C15H26O3S. The maximum atomic E-state index is 10.7. The molecule has 0 aromatic rings. The third-order valence-corrected chi connectivity index (χ3v) is 6.12. The monoisotopic (exact) mass is 286 g/mol. The fourth-order valence-corrected chi connectivity index (χ4v) is 5.16. The summed E-state index contributed by atoms with van der Waals surface area (Å²) in [7, 11) is 0. The van der Waals surface area contributed by atoms with Gasteiger partial charge in [-0.3, -0.25) is 0 Å². The van der Waals surface area contributed by atoms with E-state index in [0.717, 1.165) is 32.5 Å². The predicted octanol–water partition coefficient (Wildman–Crippen LogP) is 2.46. The Balaban J connectivity index is 1.61. The van der Waals surface area contributed by atoms with Gasteiger partial charge < -0.3 is 14.6 Å². The molecule has 0 bridgehead atoms. The molecule has 1 N–H and O–H groups in total. The van der Waals surface area contributed by atoms with Crippen LogP contribution in [0.2, 0.25) is 0 Å². The van der Waals surface area contributed by atoms with Gasteiger partial charge in [-0.05, 0) is 56.5 Å². The molecule has 3 fully saturated rings. The zero-order valence-electron chi connectivity index (χ0n) is 11.8. The molecule has 3 saturated heterocycles. The summed E-state index contributed by atoms with van der Waals surface area (Å²) in [6, 6.07) is 0. The van der Waals surface area contributed by atoms with Crippen LogP contribution in [0, 0.1) is 11.8 Å². The van der Waals surface area contributed by atoms with E-state index in [1.165, 1.54) is 24.3 Å². The Morgan fingerprint density at radius 1 is 1.26 bits per heavy atom. The lowest BCUT2D eigenvalue weighted by molar-refractivity contribution is -0.127. The van der Waals surface area contributed by atoms with Crippen LogP contribution in [0.3, 0.4) is 0 Å². The Hall–Kier alpha value is 0.230. The number of ether oxygens (including phenoxy) is 2. The van der Waals surface area contributed by atoms with Crippen molar-refractivity contribution in [3.05, 3.63) is 0 Å². The van der Waals surface area contributed by atoms with Crippen LogP contribution < -0.4 is 0 Å². The van der Waals surface area contributed by atoms with Crippen LogP contribution in [-0.4, -0.2) is 47.6 Å². The van der Waals surface area contributed by atoms with Crippen molar-refractivity contribution in [2.45, 2.75) is 56.8 Å². The molecular weight excluding hydrogens is 260 g/mol. The highest BCUT2D eigenvalue weighted by atomic mass is 32.2. The van der Waals surface area contributed by atoms with Crippen LogP contribution in [0.15, 0.2) is 0 Å². The Kier molecular flexibility index (Phi) is 4.42. The average molecular weight is 286 g/mol. The zero-order valence-corrected chi connectivity index (χ0v) is 12.7. The quantitative estimate of drug-likeness (QED) is 0.846. The van der Waals surface area contributed by atoms with Crippen molar-refractivity contribution >= 4 is 11.8 Å². The fraction of sp³-hybridized carbons (Fsp3) is 1.00. The molecule has 0 aromatic carbocycles. The van der Waals surface area contributed by atoms with Gasteiger partial charge in [-0.15, -0.1) is 0 Å². The van der Waals surface area contributed by atoms with Gasteiger partial charge in [-0.25, -0.2) is 0 Å². The average Bonchev–Trinajstić information content (AvgIpc) is 2.85. The normalized spacial score (nSPS) is 40.4. The first kappa shape index (κ1) is 14.2. The number of hydrogen-bond donors (Lipinski definition) is 1. The lowest BCUT2D eigenvalue weighted by Gasteiger charge is -2.45. The Labute approximate surface area is 120 Å². The van der Waals surface area contributed by atoms with E-state index in [0.29, 0.717) is 17.9 Å². The van der Waals surface area contributed by atoms with Crippen molar-refractivity contribution in [1.82, 2.24) is 0 Å². The van der Waals surface area contributed by atoms with Crippen LogP contribution in [0.5, 0.6) is 0 Å². The molecule has 4 atom stereocenters. The first-order valence-corrected chi connectivity index (χ1v) is 8.85. The molecule has 3 aliphatic heterocycles. The molecule has 110 valence electrons. The molecule has 0 aliphatic carbocycles. The molecule has 4 unspecified atom stereocenters. The van der Waals surface area contributed by atoms with Crippen LogP contribution in [0.1, 0.15) is 39.0 Å². The first-order valence-electron chi connectivity index (χ1n) is 7.70. The van der Waals surface area contributed by atoms with Crippen LogP contribution in [0.4, 0.5) is 0 Å². The largest absolute Gasteiger partial charge is 0.392 e. The highest BCUT2D eigenvalue weighted by Gasteiger charge is 2.43. The summed E-state index contributed by atoms with van der Waals surface area (Å²) in [6.07, 6.45) is 5.54. The Morgan fingerprint density at radius 3 is 2.74 bits per heavy atom. The lowest BCUT2D eigenvalue weighted by atomic mass is 9.76. The lowest BCUT2D eigenvalue weighted by Crippen LogP contribution is -2.46. The van der Waals surface area contributed by atoms with Gasteiger partial charge in [0, 0.05) is 12.5 Å². The molecule has 3 aliphatic rings. The van der Waals surface area contributed by atoms with E-state index in [-0.39, 0.29) is 11.7 Å². The first-order chi connectivity index (χ1) is 9.19. The minimum absolute atomic E-state index is 0.0836. The number of hydrogen-bond acceptors (Lipinski definition) is 4. The van der Waals surface area contributed by atoms with Crippen molar-refractivity contribution in [2.24, 2.45) is 11.8 Å². The van der Waals surface area contributed by atoms with Crippen molar-refractivity contribution in [2.75, 3.05) is 24.7 Å². The molecule has 0 aromatic heterocycles. The summed E-state index contributed by atoms with van der Waals surface area (Å²) in [6.45, 7) is 3.68. The second kappa shape index (κ2) is 5.92. The summed E-state index contributed by atoms with van der Waals surface area (Å²) in [5.74, 6) is 3.18. The minimum atomic E-state index is -0.194. The van der Waals surface area contributed by atoms with Gasteiger partial charge >= 0.3 is 0 Å². The number of rotatable bonds is 2. The van der Waals surface area contributed by atoms with Crippen molar-refractivity contribution in [3.8, 4) is 0 Å². The Bertz CT molecular complexity index is 298. The van der Waals surface area contributed by atoms with Gasteiger partial charge in [0.1, 0.15) is 0 Å². The van der Waals surface area contributed by atoms with Gasteiger partial charge in [0.2, 0.25) is 0 Å². The topological polar surface area (TPSA) is 38.7 Å². The van der Waals surface area contributed by atoms with E-state index in [2.05, 4.69) is 6.92 Å². The van der Waals surface area contributed by atoms with Crippen molar-refractivity contribution in [1.29, 1.82) is 0 Å². The second-order valence-corrected chi connectivity index (χ2v) is 7.75. The summed E-state index contributed by atoms with van der Waals surface area (Å²) in [5.41, 5.74) is 0.0836. The van der Waals surface area contributed by atoms with Gasteiger partial charge in [0.15, 0.2) is 0 Å². The molecule has 3 rings (SSSR count). The smallest absolute Gasteiger partial charge is 0.0701 e. The summed E-state index contributed by atoms with van der Waals surface area (Å²) in [5, 5.41) is 10.7. The third kappa shape index (κ3) is 3.12. The summed E-state index contributed by atoms with van der Waals surface area (Å²) in [4.78, 5) is 0. The van der Waals surface area contributed by atoms with E-state index in [1.807, 2.05) is 11.8 Å². The fourth-order valence-electron chi connectivity index (χ4n) is 3.92. The summed E-state index contributed by atoms with van der Waals surface area (Å²) < 4.78 is 11.7. The van der Waals surface area contributed by atoms with E-state index in [9.17, 15) is 5.11 Å². The summed E-state index contributed by atoms with van der Waals surface area (Å²) >= 11 is 2.04. The highest BCUT2D eigenvalue weighted by molar-refractivity contribution is 7.99. The molecule has 0 saturated carbocycles. The molecule has 1 spiro atoms. The molecule has 3 heterocycles. The van der Waals surface area contributed by atoms with E-state index < -0.39 is 0 Å². The van der Waals surface area contributed by atoms with Gasteiger partial charge in [-0.1, -0.05) is 0 Å². The highest BCUT2D eigenvalue weighted by Crippen LogP contribution is 2.42. The van der Waals surface area contributed by atoms with E-state index in [4.69, 9.17) is 9.47 Å². The third-order valence-electron chi connectivity index (χ3n) is 5.13. The predicted molar refractivity (Wildman–Crippen MR) is 77.5 cm³/mol. The standard InChI is InChI=1S/C15H26O3S/c1-11-8-13(10-17-11)14(16)12-2-5-18-15(9-12)3-6-19-7-4-15/h11-14,16H,2-10H2,1H3. The van der Waals surface area contributed by atoms with E-state index >= 15 is 0 Å². The molecule has 19 heavy (non-hydrogen) atoms. The minimum Gasteiger partial charge on any atom is -0.392 e. The molecule has 4 heteroatoms. The number of thioether (sulfide) groups is 1. The second-order valence-electron chi connectivity index (χ2n) is 6.53. The Morgan fingerprint density at radius 2 is 2.05 bits per heavy atom. The number of aliphatic hydroxyl groups is 1. The molecule has 0 amide bonds. The zero-order chi connectivity index (χ0) is 13.3. The van der Waals surface area contributed by atoms with Gasteiger partial charge in [0.25, 0.3) is 0 Å².